The first-order chi connectivity index (χ1) is 10.1. The molecule has 106 valence electrons. The van der Waals surface area contributed by atoms with Crippen molar-refractivity contribution >= 4 is 11.0 Å². The van der Waals surface area contributed by atoms with E-state index in [1.807, 2.05) is 18.2 Å². The average Bonchev–Trinajstić information content (AvgIpc) is 2.48. The summed E-state index contributed by atoms with van der Waals surface area (Å²) < 4.78 is 10.6. The van der Waals surface area contributed by atoms with Gasteiger partial charge in [-0.1, -0.05) is 18.2 Å². The Morgan fingerprint density at radius 1 is 1.00 bits per heavy atom. The minimum atomic E-state index is -0.538. The van der Waals surface area contributed by atoms with Gasteiger partial charge < -0.3 is 19.4 Å². The molecule has 5 nitrogen and oxygen atoms in total. The van der Waals surface area contributed by atoms with Gasteiger partial charge in [0.05, 0.1) is 5.56 Å². The van der Waals surface area contributed by atoms with E-state index in [9.17, 15) is 15.0 Å². The van der Waals surface area contributed by atoms with Crippen molar-refractivity contribution in [1.29, 1.82) is 0 Å². The van der Waals surface area contributed by atoms with Crippen LogP contribution in [0.3, 0.4) is 0 Å². The van der Waals surface area contributed by atoms with Crippen molar-refractivity contribution in [2.75, 3.05) is 0 Å². The molecule has 0 spiro atoms. The van der Waals surface area contributed by atoms with Crippen molar-refractivity contribution in [2.45, 2.75) is 6.61 Å². The van der Waals surface area contributed by atoms with Crippen LogP contribution in [0.5, 0.6) is 17.2 Å². The molecule has 0 amide bonds. The molecule has 0 unspecified atom stereocenters. The third-order valence-corrected chi connectivity index (χ3v) is 3.04. The summed E-state index contributed by atoms with van der Waals surface area (Å²) in [5, 5.41) is 19.4. The number of fused-ring (bicyclic) bond motifs is 1. The topological polar surface area (TPSA) is 79.9 Å². The average molecular weight is 284 g/mol. The molecule has 1 heterocycles. The van der Waals surface area contributed by atoms with Crippen LogP contribution in [-0.4, -0.2) is 10.2 Å². The maximum atomic E-state index is 11.9. The van der Waals surface area contributed by atoms with Crippen molar-refractivity contribution in [3.05, 3.63) is 64.5 Å². The molecule has 0 saturated carbocycles. The monoisotopic (exact) mass is 284 g/mol. The van der Waals surface area contributed by atoms with Gasteiger partial charge in [0, 0.05) is 11.5 Å². The number of phenolic OH excluding ortho intramolecular Hbond substituents is 2. The molecule has 3 aromatic rings. The quantitative estimate of drug-likeness (QED) is 0.571. The Bertz CT molecular complexity index is 836. The standard InChI is InChI=1S/C16H12O5/c17-13-7-10-6-11(9-20-12-4-2-1-3-5-12)16(19)21-15(10)8-14(13)18/h1-8,17-18H,9H2. The molecule has 3 rings (SSSR count). The van der Waals surface area contributed by atoms with Crippen molar-refractivity contribution in [3.8, 4) is 17.2 Å². The second kappa shape index (κ2) is 5.20. The van der Waals surface area contributed by atoms with E-state index in [1.165, 1.54) is 12.1 Å². The molecule has 2 aromatic carbocycles. The zero-order valence-electron chi connectivity index (χ0n) is 10.9. The van der Waals surface area contributed by atoms with Gasteiger partial charge >= 0.3 is 5.63 Å². The fourth-order valence-electron chi connectivity index (χ4n) is 1.97. The highest BCUT2D eigenvalue weighted by Crippen LogP contribution is 2.29. The molecule has 0 aliphatic heterocycles. The summed E-state index contributed by atoms with van der Waals surface area (Å²) in [5.41, 5.74) is -0.00118. The number of ether oxygens (including phenoxy) is 1. The minimum absolute atomic E-state index is 0.0594. The molecule has 0 fully saturated rings. The lowest BCUT2D eigenvalue weighted by molar-refractivity contribution is 0.300. The molecule has 0 atom stereocenters. The Balaban J connectivity index is 1.94. The number of hydrogen-bond donors (Lipinski definition) is 2. The van der Waals surface area contributed by atoms with Gasteiger partial charge in [-0.2, -0.15) is 0 Å². The summed E-state index contributed by atoms with van der Waals surface area (Å²) >= 11 is 0. The lowest BCUT2D eigenvalue weighted by Gasteiger charge is -2.06. The second-order valence-electron chi connectivity index (χ2n) is 4.54. The van der Waals surface area contributed by atoms with E-state index < -0.39 is 5.63 Å². The van der Waals surface area contributed by atoms with Crippen LogP contribution < -0.4 is 10.4 Å². The molecule has 0 aliphatic rings. The lowest BCUT2D eigenvalue weighted by Crippen LogP contribution is -2.10. The van der Waals surface area contributed by atoms with E-state index in [2.05, 4.69) is 0 Å². The van der Waals surface area contributed by atoms with Crippen molar-refractivity contribution < 1.29 is 19.4 Å². The van der Waals surface area contributed by atoms with Crippen LogP contribution >= 0.6 is 0 Å². The highest BCUT2D eigenvalue weighted by atomic mass is 16.5. The first-order valence-electron chi connectivity index (χ1n) is 6.30. The van der Waals surface area contributed by atoms with Gasteiger partial charge in [-0.15, -0.1) is 0 Å². The molecular formula is C16H12O5. The number of para-hydroxylation sites is 1. The summed E-state index contributed by atoms with van der Waals surface area (Å²) in [7, 11) is 0. The van der Waals surface area contributed by atoms with Gasteiger partial charge in [0.1, 0.15) is 17.9 Å². The van der Waals surface area contributed by atoms with E-state index in [1.54, 1.807) is 18.2 Å². The van der Waals surface area contributed by atoms with E-state index in [-0.39, 0.29) is 23.7 Å². The molecule has 5 heteroatoms. The Labute approximate surface area is 119 Å². The van der Waals surface area contributed by atoms with Gasteiger partial charge in [-0.25, -0.2) is 4.79 Å². The molecule has 1 aromatic heterocycles. The van der Waals surface area contributed by atoms with Crippen LogP contribution in [0, 0.1) is 0 Å². The molecule has 0 bridgehead atoms. The molecular weight excluding hydrogens is 272 g/mol. The van der Waals surface area contributed by atoms with Crippen LogP contribution in [0.25, 0.3) is 11.0 Å². The van der Waals surface area contributed by atoms with Gasteiger partial charge in [0.2, 0.25) is 0 Å². The highest BCUT2D eigenvalue weighted by Gasteiger charge is 2.09. The second-order valence-corrected chi connectivity index (χ2v) is 4.54. The number of hydrogen-bond acceptors (Lipinski definition) is 5. The Morgan fingerprint density at radius 2 is 1.71 bits per heavy atom. The number of benzene rings is 2. The van der Waals surface area contributed by atoms with E-state index >= 15 is 0 Å². The lowest BCUT2D eigenvalue weighted by atomic mass is 10.1. The number of aromatic hydroxyl groups is 2. The fraction of sp³-hybridized carbons (Fsp3) is 0.0625. The Morgan fingerprint density at radius 3 is 2.48 bits per heavy atom. The predicted octanol–water partition coefficient (Wildman–Crippen LogP) is 2.78. The summed E-state index contributed by atoms with van der Waals surface area (Å²) in [4.78, 5) is 11.9. The number of rotatable bonds is 3. The zero-order valence-corrected chi connectivity index (χ0v) is 10.9. The molecule has 2 N–H and O–H groups in total. The van der Waals surface area contributed by atoms with Crippen LogP contribution in [0.1, 0.15) is 5.56 Å². The van der Waals surface area contributed by atoms with Crippen molar-refractivity contribution in [3.63, 3.8) is 0 Å². The molecule has 0 radical (unpaired) electrons. The van der Waals surface area contributed by atoms with Gasteiger partial charge in [-0.3, -0.25) is 0 Å². The van der Waals surface area contributed by atoms with E-state index in [4.69, 9.17) is 9.15 Å². The third-order valence-electron chi connectivity index (χ3n) is 3.04. The first-order valence-corrected chi connectivity index (χ1v) is 6.30. The molecule has 0 saturated heterocycles. The highest BCUT2D eigenvalue weighted by molar-refractivity contribution is 5.80. The summed E-state index contributed by atoms with van der Waals surface area (Å²) in [6.07, 6.45) is 0. The van der Waals surface area contributed by atoms with Gasteiger partial charge in [-0.05, 0) is 24.3 Å². The van der Waals surface area contributed by atoms with Crippen LogP contribution in [0.2, 0.25) is 0 Å². The zero-order chi connectivity index (χ0) is 14.8. The number of phenols is 2. The Hall–Kier alpha value is -2.95. The summed E-state index contributed by atoms with van der Waals surface area (Å²) in [6.45, 7) is 0.0594. The third kappa shape index (κ3) is 2.67. The van der Waals surface area contributed by atoms with E-state index in [0.717, 1.165) is 0 Å². The van der Waals surface area contributed by atoms with E-state index in [0.29, 0.717) is 16.7 Å². The summed E-state index contributed by atoms with van der Waals surface area (Å²) in [5.74, 6) is 0.0377. The predicted molar refractivity (Wildman–Crippen MR) is 76.6 cm³/mol. The van der Waals surface area contributed by atoms with Crippen LogP contribution in [0.15, 0.2) is 57.7 Å². The Kier molecular flexibility index (Phi) is 3.23. The van der Waals surface area contributed by atoms with Crippen LogP contribution in [0.4, 0.5) is 0 Å². The van der Waals surface area contributed by atoms with Gasteiger partial charge in [0.15, 0.2) is 11.5 Å². The van der Waals surface area contributed by atoms with Crippen molar-refractivity contribution in [2.24, 2.45) is 0 Å². The smallest absolute Gasteiger partial charge is 0.342 e. The molecule has 21 heavy (non-hydrogen) atoms. The maximum Gasteiger partial charge on any atom is 0.342 e. The first kappa shape index (κ1) is 13.1. The normalized spacial score (nSPS) is 10.7. The SMILES string of the molecule is O=c1oc2cc(O)c(O)cc2cc1COc1ccccc1. The van der Waals surface area contributed by atoms with Gasteiger partial charge in [0.25, 0.3) is 0 Å². The van der Waals surface area contributed by atoms with Crippen LogP contribution in [-0.2, 0) is 6.61 Å². The fourth-order valence-corrected chi connectivity index (χ4v) is 1.97. The maximum absolute atomic E-state index is 11.9. The van der Waals surface area contributed by atoms with Crippen molar-refractivity contribution in [1.82, 2.24) is 0 Å². The summed E-state index contributed by atoms with van der Waals surface area (Å²) in [6, 6.07) is 13.2. The minimum Gasteiger partial charge on any atom is -0.504 e. The largest absolute Gasteiger partial charge is 0.504 e. The molecule has 0 aliphatic carbocycles.